The van der Waals surface area contributed by atoms with Crippen LogP contribution in [0.4, 0.5) is 0 Å². The highest BCUT2D eigenvalue weighted by Gasteiger charge is 2.26. The van der Waals surface area contributed by atoms with Gasteiger partial charge in [0.2, 0.25) is 0 Å². The number of hydrogen-bond acceptors (Lipinski definition) is 6. The molecule has 0 bridgehead atoms. The van der Waals surface area contributed by atoms with Crippen LogP contribution in [0.2, 0.25) is 0 Å². The van der Waals surface area contributed by atoms with Gasteiger partial charge in [0.05, 0.1) is 24.1 Å². The summed E-state index contributed by atoms with van der Waals surface area (Å²) >= 11 is 3.20. The number of thioether (sulfide) groups is 1. The lowest BCUT2D eigenvalue weighted by atomic mass is 9.89. The van der Waals surface area contributed by atoms with Crippen molar-refractivity contribution in [2.45, 2.75) is 63.3 Å². The Bertz CT molecular complexity index is 906. The molecule has 0 N–H and O–H groups in total. The number of ether oxygens (including phenoxy) is 1. The Balaban J connectivity index is 1.79. The zero-order valence-electron chi connectivity index (χ0n) is 15.0. The number of hydrogen-bond donors (Lipinski definition) is 0. The van der Waals surface area contributed by atoms with Crippen LogP contribution in [0.1, 0.15) is 43.0 Å². The summed E-state index contributed by atoms with van der Waals surface area (Å²) < 4.78 is 7.58. The minimum absolute atomic E-state index is 0.0806. The molecule has 2 aromatic heterocycles. The van der Waals surface area contributed by atoms with E-state index in [2.05, 4.69) is 13.0 Å². The van der Waals surface area contributed by atoms with E-state index in [0.717, 1.165) is 54.1 Å². The molecule has 0 aromatic carbocycles. The van der Waals surface area contributed by atoms with Crippen molar-refractivity contribution in [1.82, 2.24) is 9.55 Å². The Kier molecular flexibility index (Phi) is 5.35. The van der Waals surface area contributed by atoms with Crippen LogP contribution in [0.25, 0.3) is 10.2 Å². The molecule has 0 spiro atoms. The van der Waals surface area contributed by atoms with Crippen LogP contribution >= 0.6 is 23.1 Å². The van der Waals surface area contributed by atoms with Gasteiger partial charge < -0.3 is 4.74 Å². The SMILES string of the molecule is C[C@@H]1CCc2c(sc3nc(SCCC#N)n(C[C@H]4CCCO4)c(=O)c23)C1. The van der Waals surface area contributed by atoms with Crippen LogP contribution in [-0.2, 0) is 24.1 Å². The molecule has 1 aliphatic carbocycles. The van der Waals surface area contributed by atoms with Gasteiger partial charge in [0.15, 0.2) is 5.16 Å². The normalized spacial score (nSPS) is 22.5. The fraction of sp³-hybridized carbons (Fsp3) is 0.632. The van der Waals surface area contributed by atoms with E-state index in [4.69, 9.17) is 15.0 Å². The maximum absolute atomic E-state index is 13.4. The molecule has 4 rings (SSSR count). The first kappa shape index (κ1) is 18.0. The third kappa shape index (κ3) is 3.42. The summed E-state index contributed by atoms with van der Waals surface area (Å²) in [4.78, 5) is 20.5. The second-order valence-corrected chi connectivity index (χ2v) is 9.38. The molecule has 3 heterocycles. The number of nitrogens with zero attached hydrogens (tertiary/aromatic N) is 3. The van der Waals surface area contributed by atoms with Gasteiger partial charge in [-0.2, -0.15) is 5.26 Å². The van der Waals surface area contributed by atoms with Crippen molar-refractivity contribution in [1.29, 1.82) is 5.26 Å². The molecular formula is C19H23N3O2S2. The first-order valence-electron chi connectivity index (χ1n) is 9.33. The van der Waals surface area contributed by atoms with Crippen LogP contribution in [0.15, 0.2) is 9.95 Å². The van der Waals surface area contributed by atoms with Gasteiger partial charge in [-0.05, 0) is 43.6 Å². The summed E-state index contributed by atoms with van der Waals surface area (Å²) in [5.74, 6) is 1.33. The van der Waals surface area contributed by atoms with Crippen molar-refractivity contribution in [3.8, 4) is 6.07 Å². The van der Waals surface area contributed by atoms with E-state index in [1.54, 1.807) is 11.3 Å². The monoisotopic (exact) mass is 389 g/mol. The molecule has 1 fully saturated rings. The van der Waals surface area contributed by atoms with E-state index in [9.17, 15) is 4.79 Å². The van der Waals surface area contributed by atoms with Gasteiger partial charge in [-0.3, -0.25) is 9.36 Å². The molecule has 0 saturated carbocycles. The smallest absolute Gasteiger partial charge is 0.263 e. The number of aryl methyl sites for hydroxylation is 1. The van der Waals surface area contributed by atoms with Crippen molar-refractivity contribution >= 4 is 33.3 Å². The number of rotatable bonds is 5. The molecule has 2 aliphatic rings. The molecule has 1 saturated heterocycles. The molecule has 138 valence electrons. The minimum Gasteiger partial charge on any atom is -0.376 e. The highest BCUT2D eigenvalue weighted by Crippen LogP contribution is 2.36. The first-order chi connectivity index (χ1) is 12.7. The Hall–Kier alpha value is -1.36. The number of fused-ring (bicyclic) bond motifs is 3. The Morgan fingerprint density at radius 2 is 2.35 bits per heavy atom. The highest BCUT2D eigenvalue weighted by molar-refractivity contribution is 7.99. The van der Waals surface area contributed by atoms with Gasteiger partial charge in [-0.1, -0.05) is 18.7 Å². The third-order valence-electron chi connectivity index (χ3n) is 5.24. The Morgan fingerprint density at radius 3 is 3.12 bits per heavy atom. The summed E-state index contributed by atoms with van der Waals surface area (Å²) in [5, 5.41) is 10.4. The molecular weight excluding hydrogens is 366 g/mol. The van der Waals surface area contributed by atoms with Gasteiger partial charge in [-0.25, -0.2) is 4.98 Å². The zero-order chi connectivity index (χ0) is 18.1. The lowest BCUT2D eigenvalue weighted by molar-refractivity contribution is 0.0937. The Labute approximate surface area is 161 Å². The summed E-state index contributed by atoms with van der Waals surface area (Å²) in [6.45, 7) is 3.62. The van der Waals surface area contributed by atoms with Crippen molar-refractivity contribution in [2.24, 2.45) is 5.92 Å². The van der Waals surface area contributed by atoms with Crippen molar-refractivity contribution in [2.75, 3.05) is 12.4 Å². The van der Waals surface area contributed by atoms with Crippen LogP contribution in [-0.4, -0.2) is 28.0 Å². The first-order valence-corrected chi connectivity index (χ1v) is 11.1. The average molecular weight is 390 g/mol. The molecule has 2 aromatic rings. The van der Waals surface area contributed by atoms with Crippen LogP contribution in [0.5, 0.6) is 0 Å². The van der Waals surface area contributed by atoms with Crippen molar-refractivity contribution < 1.29 is 4.74 Å². The van der Waals surface area contributed by atoms with Crippen LogP contribution in [0, 0.1) is 17.2 Å². The van der Waals surface area contributed by atoms with E-state index in [1.165, 1.54) is 22.2 Å². The molecule has 2 atom stereocenters. The van der Waals surface area contributed by atoms with E-state index >= 15 is 0 Å². The van der Waals surface area contributed by atoms with Crippen LogP contribution in [0.3, 0.4) is 0 Å². The lowest BCUT2D eigenvalue weighted by Crippen LogP contribution is -2.29. The molecule has 26 heavy (non-hydrogen) atoms. The molecule has 5 nitrogen and oxygen atoms in total. The third-order valence-corrected chi connectivity index (χ3v) is 7.36. The molecule has 1 aliphatic heterocycles. The van der Waals surface area contributed by atoms with Crippen molar-refractivity contribution in [3.63, 3.8) is 0 Å². The standard InChI is InChI=1S/C19H23N3O2S2/c1-12-5-6-14-15(10-12)26-17-16(14)18(23)22(11-13-4-2-8-24-13)19(21-17)25-9-3-7-20/h12-13H,2-6,8-11H2,1H3/t12-,13-/m1/s1. The topological polar surface area (TPSA) is 67.9 Å². The molecule has 0 radical (unpaired) electrons. The molecule has 0 unspecified atom stereocenters. The lowest BCUT2D eigenvalue weighted by Gasteiger charge is -2.18. The summed E-state index contributed by atoms with van der Waals surface area (Å²) in [6, 6.07) is 2.17. The minimum atomic E-state index is 0.0806. The summed E-state index contributed by atoms with van der Waals surface area (Å²) in [6.07, 6.45) is 5.77. The fourth-order valence-electron chi connectivity index (χ4n) is 3.86. The number of thiophene rings is 1. The zero-order valence-corrected chi connectivity index (χ0v) is 16.6. The predicted molar refractivity (Wildman–Crippen MR) is 105 cm³/mol. The van der Waals surface area contributed by atoms with E-state index in [-0.39, 0.29) is 11.7 Å². The largest absolute Gasteiger partial charge is 0.376 e. The summed E-state index contributed by atoms with van der Waals surface area (Å²) in [5.41, 5.74) is 1.31. The molecule has 7 heteroatoms. The van der Waals surface area contributed by atoms with Gasteiger partial charge in [0, 0.05) is 23.7 Å². The van der Waals surface area contributed by atoms with Gasteiger partial charge in [-0.15, -0.1) is 11.3 Å². The second-order valence-electron chi connectivity index (χ2n) is 7.23. The van der Waals surface area contributed by atoms with E-state index in [0.29, 0.717) is 24.6 Å². The van der Waals surface area contributed by atoms with Gasteiger partial charge in [0.1, 0.15) is 4.83 Å². The Morgan fingerprint density at radius 1 is 1.46 bits per heavy atom. The van der Waals surface area contributed by atoms with Crippen molar-refractivity contribution in [3.05, 3.63) is 20.8 Å². The van der Waals surface area contributed by atoms with Crippen LogP contribution < -0.4 is 5.56 Å². The quantitative estimate of drug-likeness (QED) is 0.442. The number of nitriles is 1. The van der Waals surface area contributed by atoms with E-state index in [1.807, 2.05) is 4.57 Å². The maximum atomic E-state index is 13.4. The number of aromatic nitrogens is 2. The van der Waals surface area contributed by atoms with Gasteiger partial charge in [0.25, 0.3) is 5.56 Å². The van der Waals surface area contributed by atoms with E-state index < -0.39 is 0 Å². The second kappa shape index (κ2) is 7.71. The highest BCUT2D eigenvalue weighted by atomic mass is 32.2. The fourth-order valence-corrected chi connectivity index (χ4v) is 6.13. The summed E-state index contributed by atoms with van der Waals surface area (Å²) in [7, 11) is 0. The van der Waals surface area contributed by atoms with Gasteiger partial charge >= 0.3 is 0 Å². The molecule has 0 amide bonds. The predicted octanol–water partition coefficient (Wildman–Crippen LogP) is 3.77. The average Bonchev–Trinajstić information content (AvgIpc) is 3.25. The maximum Gasteiger partial charge on any atom is 0.263 e.